The number of carbonyl (C=O) groups is 1. The van der Waals surface area contributed by atoms with Crippen molar-refractivity contribution < 1.29 is 31.1 Å². The van der Waals surface area contributed by atoms with Crippen molar-refractivity contribution in [1.29, 1.82) is 0 Å². The van der Waals surface area contributed by atoms with Crippen LogP contribution in [0, 0.1) is 0 Å². The topological polar surface area (TPSA) is 88.6 Å². The van der Waals surface area contributed by atoms with E-state index >= 15 is 0 Å². The lowest BCUT2D eigenvalue weighted by Crippen LogP contribution is -2.27. The van der Waals surface area contributed by atoms with E-state index in [0.717, 1.165) is 16.6 Å². The molecule has 7 nitrogen and oxygen atoms in total. The average Bonchev–Trinajstić information content (AvgIpc) is 2.64. The minimum atomic E-state index is -4.49. The normalized spacial score (nSPS) is 12.1. The first kappa shape index (κ1) is 21.6. The van der Waals surface area contributed by atoms with Crippen molar-refractivity contribution in [2.24, 2.45) is 0 Å². The van der Waals surface area contributed by atoms with Gasteiger partial charge in [0.1, 0.15) is 0 Å². The van der Waals surface area contributed by atoms with E-state index in [1.165, 1.54) is 26.2 Å². The lowest BCUT2D eigenvalue weighted by Gasteiger charge is -2.15. The van der Waals surface area contributed by atoms with Crippen molar-refractivity contribution in [3.8, 4) is 5.88 Å². The quantitative estimate of drug-likeness (QED) is 0.746. The third-order valence-electron chi connectivity index (χ3n) is 3.55. The first-order chi connectivity index (χ1) is 13.0. The smallest absolute Gasteiger partial charge is 0.422 e. The van der Waals surface area contributed by atoms with Crippen molar-refractivity contribution in [2.75, 3.05) is 20.7 Å². The molecule has 0 bridgehead atoms. The van der Waals surface area contributed by atoms with E-state index in [4.69, 9.17) is 0 Å². The molecule has 0 radical (unpaired) electrons. The maximum absolute atomic E-state index is 12.3. The van der Waals surface area contributed by atoms with Gasteiger partial charge < -0.3 is 10.1 Å². The van der Waals surface area contributed by atoms with Crippen LogP contribution in [0.5, 0.6) is 5.88 Å². The van der Waals surface area contributed by atoms with Crippen LogP contribution in [0.1, 0.15) is 15.9 Å². The number of carbonyl (C=O) groups excluding carboxylic acids is 1. The Kier molecular flexibility index (Phi) is 6.62. The molecular formula is C17H18F3N3O4S. The highest BCUT2D eigenvalue weighted by Crippen LogP contribution is 2.19. The molecular weight excluding hydrogens is 399 g/mol. The lowest BCUT2D eigenvalue weighted by atomic mass is 10.2. The van der Waals surface area contributed by atoms with Crippen molar-refractivity contribution in [2.45, 2.75) is 17.6 Å². The zero-order valence-corrected chi connectivity index (χ0v) is 15.8. The van der Waals surface area contributed by atoms with Crippen molar-refractivity contribution in [3.63, 3.8) is 0 Å². The SMILES string of the molecule is CN(C)S(=O)(=O)c1ccccc1CNC(=O)c1ccc(OCC(F)(F)F)nc1. The van der Waals surface area contributed by atoms with E-state index in [1.54, 1.807) is 18.2 Å². The summed E-state index contributed by atoms with van der Waals surface area (Å²) in [7, 11) is -0.880. The molecule has 0 saturated heterocycles. The number of aromatic nitrogens is 1. The van der Waals surface area contributed by atoms with Crippen molar-refractivity contribution >= 4 is 15.9 Å². The van der Waals surface area contributed by atoms with Gasteiger partial charge in [0, 0.05) is 32.9 Å². The van der Waals surface area contributed by atoms with Gasteiger partial charge in [-0.25, -0.2) is 17.7 Å². The number of hydrogen-bond donors (Lipinski definition) is 1. The van der Waals surface area contributed by atoms with Gasteiger partial charge in [0.2, 0.25) is 15.9 Å². The highest BCUT2D eigenvalue weighted by molar-refractivity contribution is 7.89. The Morgan fingerprint density at radius 2 is 1.86 bits per heavy atom. The van der Waals surface area contributed by atoms with Crippen molar-refractivity contribution in [3.05, 3.63) is 53.7 Å². The fourth-order valence-electron chi connectivity index (χ4n) is 2.13. The highest BCUT2D eigenvalue weighted by Gasteiger charge is 2.28. The molecule has 2 aromatic rings. The Morgan fingerprint density at radius 3 is 2.43 bits per heavy atom. The monoisotopic (exact) mass is 417 g/mol. The van der Waals surface area contributed by atoms with Gasteiger partial charge in [-0.3, -0.25) is 4.79 Å². The Balaban J connectivity index is 2.05. The summed E-state index contributed by atoms with van der Waals surface area (Å²) in [6.45, 7) is -1.54. The van der Waals surface area contributed by atoms with E-state index in [-0.39, 0.29) is 22.9 Å². The van der Waals surface area contributed by atoms with Crippen LogP contribution in [0.2, 0.25) is 0 Å². The van der Waals surface area contributed by atoms with Crippen LogP contribution in [0.3, 0.4) is 0 Å². The van der Waals surface area contributed by atoms with Crippen LogP contribution < -0.4 is 10.1 Å². The minimum Gasteiger partial charge on any atom is -0.468 e. The molecule has 0 aliphatic carbocycles. The Hall–Kier alpha value is -2.66. The van der Waals surface area contributed by atoms with Gasteiger partial charge in [-0.15, -0.1) is 0 Å². The number of hydrogen-bond acceptors (Lipinski definition) is 5. The molecule has 0 fully saturated rings. The van der Waals surface area contributed by atoms with Gasteiger partial charge in [0.25, 0.3) is 5.91 Å². The number of amides is 1. The van der Waals surface area contributed by atoms with Crippen LogP contribution in [0.15, 0.2) is 47.5 Å². The molecule has 0 atom stereocenters. The largest absolute Gasteiger partial charge is 0.468 e. The predicted octanol–water partition coefficient (Wildman–Crippen LogP) is 2.20. The van der Waals surface area contributed by atoms with Gasteiger partial charge in [-0.2, -0.15) is 13.2 Å². The summed E-state index contributed by atoms with van der Waals surface area (Å²) < 4.78 is 66.6. The van der Waals surface area contributed by atoms with Gasteiger partial charge in [-0.05, 0) is 17.7 Å². The zero-order chi connectivity index (χ0) is 20.9. The third-order valence-corrected chi connectivity index (χ3v) is 5.47. The van der Waals surface area contributed by atoms with Crippen LogP contribution >= 0.6 is 0 Å². The number of ether oxygens (including phenoxy) is 1. The second kappa shape index (κ2) is 8.57. The maximum atomic E-state index is 12.3. The Morgan fingerprint density at radius 1 is 1.18 bits per heavy atom. The van der Waals surface area contributed by atoms with Crippen LogP contribution in [0.25, 0.3) is 0 Å². The average molecular weight is 417 g/mol. The number of rotatable bonds is 7. The summed E-state index contributed by atoms with van der Waals surface area (Å²) in [5.74, 6) is -0.830. The summed E-state index contributed by atoms with van der Waals surface area (Å²) in [4.78, 5) is 15.9. The molecule has 1 N–H and O–H groups in total. The van der Waals surface area contributed by atoms with E-state index in [2.05, 4.69) is 15.0 Å². The molecule has 1 amide bonds. The molecule has 2 rings (SSSR count). The second-order valence-electron chi connectivity index (χ2n) is 5.87. The predicted molar refractivity (Wildman–Crippen MR) is 94.3 cm³/mol. The first-order valence-electron chi connectivity index (χ1n) is 7.95. The molecule has 11 heteroatoms. The minimum absolute atomic E-state index is 0.0611. The van der Waals surface area contributed by atoms with E-state index < -0.39 is 28.7 Å². The van der Waals surface area contributed by atoms with Crippen molar-refractivity contribution in [1.82, 2.24) is 14.6 Å². The van der Waals surface area contributed by atoms with Gasteiger partial charge in [-0.1, -0.05) is 18.2 Å². The number of halogens is 3. The number of pyridine rings is 1. The fourth-order valence-corrected chi connectivity index (χ4v) is 3.25. The molecule has 0 aliphatic heterocycles. The molecule has 0 aliphatic rings. The number of benzene rings is 1. The molecule has 28 heavy (non-hydrogen) atoms. The first-order valence-corrected chi connectivity index (χ1v) is 9.39. The van der Waals surface area contributed by atoms with E-state index in [0.29, 0.717) is 5.56 Å². The van der Waals surface area contributed by atoms with Crippen LogP contribution in [0.4, 0.5) is 13.2 Å². The summed E-state index contributed by atoms with van der Waals surface area (Å²) >= 11 is 0. The van der Waals surface area contributed by atoms with Crippen LogP contribution in [-0.4, -0.2) is 50.5 Å². The zero-order valence-electron chi connectivity index (χ0n) is 15.0. The van der Waals surface area contributed by atoms with Crippen LogP contribution in [-0.2, 0) is 16.6 Å². The molecule has 0 saturated carbocycles. The number of alkyl halides is 3. The molecule has 1 aromatic carbocycles. The molecule has 1 aromatic heterocycles. The molecule has 1 heterocycles. The van der Waals surface area contributed by atoms with Gasteiger partial charge in [0.05, 0.1) is 10.5 Å². The molecule has 152 valence electrons. The Bertz CT molecular complexity index is 929. The number of nitrogens with one attached hydrogen (secondary N) is 1. The fraction of sp³-hybridized carbons (Fsp3) is 0.294. The van der Waals surface area contributed by atoms with Gasteiger partial charge >= 0.3 is 6.18 Å². The van der Waals surface area contributed by atoms with E-state index in [9.17, 15) is 26.4 Å². The summed E-state index contributed by atoms with van der Waals surface area (Å²) in [6, 6.07) is 8.63. The number of sulfonamides is 1. The maximum Gasteiger partial charge on any atom is 0.422 e. The number of nitrogens with zero attached hydrogens (tertiary/aromatic N) is 2. The summed E-state index contributed by atoms with van der Waals surface area (Å²) in [5.41, 5.74) is 0.481. The standard InChI is InChI=1S/C17H18F3N3O4S/c1-23(2)28(25,26)14-6-4-3-5-12(14)9-22-16(24)13-7-8-15(21-10-13)27-11-17(18,19)20/h3-8,10H,9,11H2,1-2H3,(H,22,24). The van der Waals surface area contributed by atoms with Gasteiger partial charge in [0.15, 0.2) is 6.61 Å². The Labute approximate surface area is 160 Å². The van der Waals surface area contributed by atoms with E-state index in [1.807, 2.05) is 0 Å². The summed E-state index contributed by atoms with van der Waals surface area (Å²) in [6.07, 6.45) is -3.42. The summed E-state index contributed by atoms with van der Waals surface area (Å²) in [5, 5.41) is 2.56. The highest BCUT2D eigenvalue weighted by atomic mass is 32.2. The lowest BCUT2D eigenvalue weighted by molar-refractivity contribution is -0.154. The third kappa shape index (κ3) is 5.67. The second-order valence-corrected chi connectivity index (χ2v) is 7.99. The molecule has 0 spiro atoms. The molecule has 0 unspecified atom stereocenters.